The van der Waals surface area contributed by atoms with E-state index in [-0.39, 0.29) is 11.6 Å². The van der Waals surface area contributed by atoms with Gasteiger partial charge in [-0.3, -0.25) is 9.78 Å². The number of hydrogen-bond donors (Lipinski definition) is 2. The van der Waals surface area contributed by atoms with Crippen LogP contribution in [0.2, 0.25) is 0 Å². The number of aryl methyl sites for hydroxylation is 1. The van der Waals surface area contributed by atoms with Crippen molar-refractivity contribution in [3.05, 3.63) is 51.4 Å². The van der Waals surface area contributed by atoms with Crippen molar-refractivity contribution in [2.75, 3.05) is 12.4 Å². The zero-order chi connectivity index (χ0) is 15.5. The second-order valence-corrected chi connectivity index (χ2v) is 5.69. The molecular weight excluding hydrogens is 278 g/mol. The molecule has 0 radical (unpaired) electrons. The summed E-state index contributed by atoms with van der Waals surface area (Å²) in [6, 6.07) is 7.92. The van der Waals surface area contributed by atoms with Crippen molar-refractivity contribution in [2.45, 2.75) is 38.6 Å². The summed E-state index contributed by atoms with van der Waals surface area (Å²) in [5, 5.41) is 3.28. The first kappa shape index (κ1) is 14.6. The van der Waals surface area contributed by atoms with Gasteiger partial charge in [0.2, 0.25) is 5.95 Å². The van der Waals surface area contributed by atoms with Gasteiger partial charge in [-0.05, 0) is 50.3 Å². The molecule has 0 spiro atoms. The van der Waals surface area contributed by atoms with Gasteiger partial charge in [0, 0.05) is 5.56 Å². The first-order valence-electron chi connectivity index (χ1n) is 7.70. The fourth-order valence-electron chi connectivity index (χ4n) is 2.85. The van der Waals surface area contributed by atoms with Crippen LogP contribution in [0.5, 0.6) is 5.75 Å². The molecule has 1 unspecified atom stereocenters. The number of aromatic amines is 1. The maximum atomic E-state index is 12.1. The smallest absolute Gasteiger partial charge is 0.255 e. The zero-order valence-electron chi connectivity index (χ0n) is 13.0. The Labute approximate surface area is 129 Å². The van der Waals surface area contributed by atoms with Crippen LogP contribution < -0.4 is 15.6 Å². The summed E-state index contributed by atoms with van der Waals surface area (Å²) in [6.07, 6.45) is 3.92. The van der Waals surface area contributed by atoms with Gasteiger partial charge in [-0.25, -0.2) is 4.98 Å². The Hall–Kier alpha value is -2.30. The van der Waals surface area contributed by atoms with Crippen LogP contribution in [0.4, 0.5) is 5.95 Å². The number of nitrogens with zero attached hydrogens (tertiary/aromatic N) is 1. The molecule has 1 aliphatic rings. The minimum atomic E-state index is -0.00543. The summed E-state index contributed by atoms with van der Waals surface area (Å²) < 4.78 is 5.16. The minimum absolute atomic E-state index is 0.00543. The van der Waals surface area contributed by atoms with E-state index >= 15 is 0 Å². The lowest BCUT2D eigenvalue weighted by Crippen LogP contribution is -2.23. The Morgan fingerprint density at radius 2 is 1.95 bits per heavy atom. The molecule has 1 aliphatic carbocycles. The Morgan fingerprint density at radius 1 is 1.23 bits per heavy atom. The van der Waals surface area contributed by atoms with Gasteiger partial charge in [0.1, 0.15) is 5.75 Å². The molecule has 2 N–H and O–H groups in total. The van der Waals surface area contributed by atoms with Gasteiger partial charge >= 0.3 is 0 Å². The van der Waals surface area contributed by atoms with Crippen molar-refractivity contribution in [3.63, 3.8) is 0 Å². The van der Waals surface area contributed by atoms with Crippen LogP contribution in [0.3, 0.4) is 0 Å². The average Bonchev–Trinajstić information content (AvgIpc) is 2.55. The summed E-state index contributed by atoms with van der Waals surface area (Å²) in [5.74, 6) is 1.38. The third-order valence-corrected chi connectivity index (χ3v) is 4.16. The molecule has 2 aromatic rings. The monoisotopic (exact) mass is 299 g/mol. The van der Waals surface area contributed by atoms with Crippen molar-refractivity contribution in [1.82, 2.24) is 9.97 Å². The summed E-state index contributed by atoms with van der Waals surface area (Å²) in [5.41, 5.74) is 2.91. The second-order valence-electron chi connectivity index (χ2n) is 5.69. The largest absolute Gasteiger partial charge is 0.497 e. The Kier molecular flexibility index (Phi) is 4.13. The van der Waals surface area contributed by atoms with E-state index in [1.165, 1.54) is 0 Å². The van der Waals surface area contributed by atoms with Gasteiger partial charge in [-0.2, -0.15) is 0 Å². The first-order chi connectivity index (χ1) is 10.7. The number of anilines is 1. The Bertz CT molecular complexity index is 707. The van der Waals surface area contributed by atoms with Gasteiger partial charge in [0.15, 0.2) is 0 Å². The number of methoxy groups -OCH3 is 1. The molecular formula is C17H21N3O2. The van der Waals surface area contributed by atoms with E-state index in [1.54, 1.807) is 7.11 Å². The van der Waals surface area contributed by atoms with Crippen LogP contribution in [-0.2, 0) is 12.8 Å². The van der Waals surface area contributed by atoms with E-state index < -0.39 is 0 Å². The molecule has 22 heavy (non-hydrogen) atoms. The lowest BCUT2D eigenvalue weighted by molar-refractivity contribution is 0.414. The molecule has 5 nitrogen and oxygen atoms in total. The first-order valence-corrected chi connectivity index (χ1v) is 7.70. The quantitative estimate of drug-likeness (QED) is 0.911. The highest BCUT2D eigenvalue weighted by molar-refractivity contribution is 5.36. The normalized spacial score (nSPS) is 15.0. The number of aromatic nitrogens is 2. The fourth-order valence-corrected chi connectivity index (χ4v) is 2.85. The topological polar surface area (TPSA) is 67.0 Å². The summed E-state index contributed by atoms with van der Waals surface area (Å²) in [6.45, 7) is 2.04. The zero-order valence-corrected chi connectivity index (χ0v) is 13.0. The van der Waals surface area contributed by atoms with Crippen LogP contribution >= 0.6 is 0 Å². The third kappa shape index (κ3) is 2.98. The van der Waals surface area contributed by atoms with Crippen LogP contribution in [0, 0.1) is 0 Å². The Balaban J connectivity index is 1.80. The molecule has 0 saturated heterocycles. The second kappa shape index (κ2) is 6.22. The molecule has 1 atom stereocenters. The van der Waals surface area contributed by atoms with E-state index in [9.17, 15) is 4.79 Å². The molecule has 0 saturated carbocycles. The van der Waals surface area contributed by atoms with Gasteiger partial charge in [-0.15, -0.1) is 0 Å². The molecule has 0 bridgehead atoms. The summed E-state index contributed by atoms with van der Waals surface area (Å²) in [7, 11) is 1.65. The molecule has 1 aromatic heterocycles. The maximum Gasteiger partial charge on any atom is 0.255 e. The molecule has 1 aromatic carbocycles. The average molecular weight is 299 g/mol. The predicted molar refractivity (Wildman–Crippen MR) is 86.5 cm³/mol. The summed E-state index contributed by atoms with van der Waals surface area (Å²) in [4.78, 5) is 19.6. The van der Waals surface area contributed by atoms with Crippen LogP contribution in [-0.4, -0.2) is 17.1 Å². The number of ether oxygens (including phenoxy) is 1. The molecule has 5 heteroatoms. The van der Waals surface area contributed by atoms with Crippen molar-refractivity contribution < 1.29 is 4.74 Å². The number of rotatable bonds is 4. The predicted octanol–water partition coefficient (Wildman–Crippen LogP) is 2.83. The van der Waals surface area contributed by atoms with E-state index in [2.05, 4.69) is 15.3 Å². The number of hydrogen-bond acceptors (Lipinski definition) is 4. The molecule has 3 rings (SSSR count). The van der Waals surface area contributed by atoms with Crippen molar-refractivity contribution in [1.29, 1.82) is 0 Å². The number of H-pyrrole nitrogens is 1. The van der Waals surface area contributed by atoms with Crippen molar-refractivity contribution in [3.8, 4) is 5.75 Å². The highest BCUT2D eigenvalue weighted by Crippen LogP contribution is 2.21. The molecule has 0 amide bonds. The van der Waals surface area contributed by atoms with E-state index in [4.69, 9.17) is 4.74 Å². The van der Waals surface area contributed by atoms with Crippen LogP contribution in [0.15, 0.2) is 29.1 Å². The van der Waals surface area contributed by atoms with Gasteiger partial charge < -0.3 is 10.1 Å². The maximum absolute atomic E-state index is 12.1. The number of nitrogens with one attached hydrogen (secondary N) is 2. The lowest BCUT2D eigenvalue weighted by atomic mass is 9.97. The highest BCUT2D eigenvalue weighted by atomic mass is 16.5. The standard InChI is InChI=1S/C17H21N3O2/c1-11(12-7-9-13(22-2)10-8-12)18-17-19-15-6-4-3-5-14(15)16(21)20-17/h7-11H,3-6H2,1-2H3,(H2,18,19,20,21). The van der Waals surface area contributed by atoms with E-state index in [0.717, 1.165) is 48.3 Å². The van der Waals surface area contributed by atoms with Crippen molar-refractivity contribution in [2.24, 2.45) is 0 Å². The Morgan fingerprint density at radius 3 is 2.68 bits per heavy atom. The summed E-state index contributed by atoms with van der Waals surface area (Å²) >= 11 is 0. The highest BCUT2D eigenvalue weighted by Gasteiger charge is 2.16. The molecule has 0 aliphatic heterocycles. The minimum Gasteiger partial charge on any atom is -0.497 e. The van der Waals surface area contributed by atoms with Gasteiger partial charge in [0.25, 0.3) is 5.56 Å². The van der Waals surface area contributed by atoms with Crippen LogP contribution in [0.25, 0.3) is 0 Å². The van der Waals surface area contributed by atoms with E-state index in [0.29, 0.717) is 5.95 Å². The fraction of sp³-hybridized carbons (Fsp3) is 0.412. The lowest BCUT2D eigenvalue weighted by Gasteiger charge is -2.18. The molecule has 116 valence electrons. The van der Waals surface area contributed by atoms with Gasteiger partial charge in [0.05, 0.1) is 18.8 Å². The SMILES string of the molecule is COc1ccc(C(C)Nc2nc3c(c(=O)[nH]2)CCCC3)cc1. The van der Waals surface area contributed by atoms with Crippen LogP contribution in [0.1, 0.15) is 42.6 Å². The van der Waals surface area contributed by atoms with E-state index in [1.807, 2.05) is 31.2 Å². The number of fused-ring (bicyclic) bond motifs is 1. The third-order valence-electron chi connectivity index (χ3n) is 4.16. The van der Waals surface area contributed by atoms with Gasteiger partial charge in [-0.1, -0.05) is 12.1 Å². The molecule has 1 heterocycles. The molecule has 0 fully saturated rings. The van der Waals surface area contributed by atoms with Crippen molar-refractivity contribution >= 4 is 5.95 Å². The number of benzene rings is 1.